The van der Waals surface area contributed by atoms with Crippen LogP contribution in [0.4, 0.5) is 0 Å². The first-order valence-corrected chi connectivity index (χ1v) is 14.3. The first kappa shape index (κ1) is 32.4. The van der Waals surface area contributed by atoms with Gasteiger partial charge in [0.25, 0.3) is 0 Å². The van der Waals surface area contributed by atoms with Crippen molar-refractivity contribution in [1.82, 2.24) is 4.98 Å². The van der Waals surface area contributed by atoms with E-state index in [9.17, 15) is 5.11 Å². The van der Waals surface area contributed by atoms with Crippen LogP contribution in [-0.4, -0.2) is 42.7 Å². The second kappa shape index (κ2) is 19.7. The number of aliphatic hydroxyl groups is 1. The summed E-state index contributed by atoms with van der Waals surface area (Å²) in [6.07, 6.45) is 10.3. The van der Waals surface area contributed by atoms with E-state index in [0.717, 1.165) is 53.4 Å². The summed E-state index contributed by atoms with van der Waals surface area (Å²) in [5.41, 5.74) is 1.06. The van der Waals surface area contributed by atoms with Gasteiger partial charge in [0.1, 0.15) is 10.6 Å². The first-order valence-electron chi connectivity index (χ1n) is 11.9. The molecule has 0 aliphatic carbocycles. The zero-order valence-electron chi connectivity index (χ0n) is 21.6. The molecule has 2 unspecified atom stereocenters. The van der Waals surface area contributed by atoms with E-state index in [1.807, 2.05) is 62.4 Å². The molecule has 2 rings (SSSR count). The van der Waals surface area contributed by atoms with Crippen LogP contribution in [0.15, 0.2) is 73.5 Å². The molecule has 1 aromatic carbocycles. The fourth-order valence-corrected chi connectivity index (χ4v) is 4.49. The summed E-state index contributed by atoms with van der Waals surface area (Å²) in [5, 5.41) is 14.4. The largest absolute Gasteiger partial charge is 0.378 e. The van der Waals surface area contributed by atoms with Crippen molar-refractivity contribution < 1.29 is 15.2 Å². The molecule has 0 spiro atoms. The van der Waals surface area contributed by atoms with Crippen molar-refractivity contribution in [2.75, 3.05) is 32.6 Å². The van der Waals surface area contributed by atoms with Gasteiger partial charge in [-0.2, -0.15) is 0 Å². The Labute approximate surface area is 220 Å². The molecule has 0 fully saturated rings. The van der Waals surface area contributed by atoms with Crippen molar-refractivity contribution >= 4 is 27.3 Å². The molecule has 4 nitrogen and oxygen atoms in total. The molecule has 2 atom stereocenters. The van der Waals surface area contributed by atoms with Crippen LogP contribution in [-0.2, 0) is 10.3 Å². The van der Waals surface area contributed by atoms with Crippen LogP contribution < -0.4 is 5.32 Å². The number of hydrogen-bond acceptors (Lipinski definition) is 4. The number of hydrogen-bond donors (Lipinski definition) is 2. The smallest absolute Gasteiger partial charge is 0.144 e. The first-order chi connectivity index (χ1) is 16.5. The van der Waals surface area contributed by atoms with Gasteiger partial charge in [-0.15, -0.1) is 11.3 Å². The highest BCUT2D eigenvalue weighted by atomic mass is 79.9. The Kier molecular flexibility index (Phi) is 18.8. The molecule has 0 saturated heterocycles. The van der Waals surface area contributed by atoms with Gasteiger partial charge >= 0.3 is 0 Å². The summed E-state index contributed by atoms with van der Waals surface area (Å²) >= 11 is 4.54. The van der Waals surface area contributed by atoms with Gasteiger partial charge in [0.05, 0.1) is 26.8 Å². The van der Waals surface area contributed by atoms with Crippen LogP contribution in [0.3, 0.4) is 0 Å². The molecular weight excluding hydrogens is 508 g/mol. The third-order valence-corrected chi connectivity index (χ3v) is 6.33. The van der Waals surface area contributed by atoms with E-state index in [2.05, 4.69) is 53.2 Å². The van der Waals surface area contributed by atoms with E-state index in [1.54, 1.807) is 23.5 Å². The molecule has 0 bridgehead atoms. The van der Waals surface area contributed by atoms with Crippen molar-refractivity contribution in [2.45, 2.75) is 45.6 Å². The predicted octanol–water partition coefficient (Wildman–Crippen LogP) is 6.02. The lowest BCUT2D eigenvalue weighted by molar-refractivity contribution is -0.628. The van der Waals surface area contributed by atoms with Gasteiger partial charge in [-0.1, -0.05) is 97.9 Å². The Morgan fingerprint density at radius 2 is 1.94 bits per heavy atom. The van der Waals surface area contributed by atoms with Gasteiger partial charge < -0.3 is 15.2 Å². The number of thiazole rings is 1. The average molecular weight is 553 g/mol. The van der Waals surface area contributed by atoms with Crippen LogP contribution in [0.1, 0.15) is 48.6 Å². The normalized spacial score (nSPS) is 13.4. The molecule has 1 aromatic heterocycles. The van der Waals surface area contributed by atoms with Crippen LogP contribution in [0.2, 0.25) is 0 Å². The quantitative estimate of drug-likeness (QED) is 0.182. The number of quaternary nitrogens is 1. The Bertz CT molecular complexity index is 823. The summed E-state index contributed by atoms with van der Waals surface area (Å²) < 4.78 is 5.36. The highest BCUT2D eigenvalue weighted by molar-refractivity contribution is 9.08. The summed E-state index contributed by atoms with van der Waals surface area (Å²) in [6, 6.07) is 9.97. The minimum Gasteiger partial charge on any atom is -0.378 e. The zero-order valence-corrected chi connectivity index (χ0v) is 24.0. The van der Waals surface area contributed by atoms with Gasteiger partial charge in [-0.05, 0) is 42.7 Å². The number of ether oxygens (including phenoxy) is 1. The van der Waals surface area contributed by atoms with E-state index in [-0.39, 0.29) is 5.92 Å². The van der Waals surface area contributed by atoms with Gasteiger partial charge in [0.15, 0.2) is 0 Å². The molecule has 0 amide bonds. The minimum atomic E-state index is -0.967. The fraction of sp³-hybridized carbons (Fsp3) is 0.464. The summed E-state index contributed by atoms with van der Waals surface area (Å²) in [7, 11) is 2.03. The van der Waals surface area contributed by atoms with Crippen molar-refractivity contribution in [3.05, 3.63) is 88.9 Å². The van der Waals surface area contributed by atoms with Gasteiger partial charge in [-0.3, -0.25) is 0 Å². The zero-order chi connectivity index (χ0) is 25.8. The van der Waals surface area contributed by atoms with Crippen LogP contribution in [0.25, 0.3) is 0 Å². The number of aryl methyl sites for hydroxylation is 1. The molecule has 3 N–H and O–H groups in total. The Balaban J connectivity index is 0.000000670. The van der Waals surface area contributed by atoms with Crippen LogP contribution in [0, 0.1) is 12.8 Å². The molecule has 0 aliphatic heterocycles. The topological polar surface area (TPSA) is 59.0 Å². The number of allylic oxidation sites excluding steroid dienone is 2. The second-order valence-electron chi connectivity index (χ2n) is 7.73. The second-order valence-corrected chi connectivity index (χ2v) is 8.97. The summed E-state index contributed by atoms with van der Waals surface area (Å²) in [4.78, 5) is 5.62. The lowest BCUT2D eigenvalue weighted by Gasteiger charge is -2.34. The predicted molar refractivity (Wildman–Crippen MR) is 152 cm³/mol. The third-order valence-electron chi connectivity index (χ3n) is 5.30. The van der Waals surface area contributed by atoms with Crippen LogP contribution >= 0.6 is 27.3 Å². The van der Waals surface area contributed by atoms with Gasteiger partial charge in [-0.25, -0.2) is 4.98 Å². The number of rotatable bonds is 13. The molecule has 34 heavy (non-hydrogen) atoms. The maximum Gasteiger partial charge on any atom is 0.144 e. The Hall–Kier alpha value is -1.57. The maximum atomic E-state index is 11.5. The van der Waals surface area contributed by atoms with Crippen LogP contribution in [0.5, 0.6) is 0 Å². The number of aromatic nitrogens is 1. The van der Waals surface area contributed by atoms with Gasteiger partial charge in [0, 0.05) is 11.1 Å². The number of likely N-dealkylation sites (N-methyl/N-ethyl adjacent to an activating group) is 1. The van der Waals surface area contributed by atoms with E-state index in [0.29, 0.717) is 6.61 Å². The van der Waals surface area contributed by atoms with Crippen molar-refractivity contribution in [2.24, 2.45) is 5.92 Å². The standard InChI is InChI=1S/C17H23NOS.C10H17NO.CH3Br/c1-4-9-14(5-2)17(19,15-10-7-6-8-11-15)16-18-12-13(3)20-16;1-4-6-10(5-2)9-12-8-7-11-3;1-2/h6-8,10-12,14,19H,4-5,9H2,1-3H3;4-6,11H,1-2,7-9H2,3H3;1H3/p+1/b;10-6+;. The summed E-state index contributed by atoms with van der Waals surface area (Å²) in [5.74, 6) is 2.01. The molecule has 1 heterocycles. The minimum absolute atomic E-state index is 0.195. The van der Waals surface area contributed by atoms with E-state index >= 15 is 0 Å². The highest BCUT2D eigenvalue weighted by Crippen LogP contribution is 2.42. The van der Waals surface area contributed by atoms with E-state index < -0.39 is 5.60 Å². The number of halogens is 1. The Morgan fingerprint density at radius 3 is 2.41 bits per heavy atom. The van der Waals surface area contributed by atoms with Gasteiger partial charge in [0.2, 0.25) is 0 Å². The van der Waals surface area contributed by atoms with Crippen molar-refractivity contribution in [1.29, 1.82) is 0 Å². The molecule has 6 heteroatoms. The lowest BCUT2D eigenvalue weighted by atomic mass is 9.78. The van der Waals surface area contributed by atoms with E-state index in [4.69, 9.17) is 4.74 Å². The lowest BCUT2D eigenvalue weighted by Crippen LogP contribution is -2.80. The van der Waals surface area contributed by atoms with Crippen molar-refractivity contribution in [3.8, 4) is 0 Å². The maximum absolute atomic E-state index is 11.5. The number of nitrogens with two attached hydrogens (primary N) is 1. The monoisotopic (exact) mass is 551 g/mol. The Morgan fingerprint density at radius 1 is 1.26 bits per heavy atom. The van der Waals surface area contributed by atoms with E-state index in [1.165, 1.54) is 0 Å². The number of alkyl halides is 1. The molecular formula is C28H44BrN2O2S+. The molecule has 0 saturated carbocycles. The average Bonchev–Trinajstić information content (AvgIpc) is 3.33. The molecule has 2 aromatic rings. The highest BCUT2D eigenvalue weighted by Gasteiger charge is 2.41. The van der Waals surface area contributed by atoms with Crippen molar-refractivity contribution in [3.63, 3.8) is 0 Å². The molecule has 190 valence electrons. The number of benzene rings is 1. The fourth-order valence-electron chi connectivity index (χ4n) is 3.53. The summed E-state index contributed by atoms with van der Waals surface area (Å²) in [6.45, 7) is 16.0. The SMILES string of the molecule is C=C/C=C(\C=C)COCC[NH2+]C.CBr.CCCC(CC)C(O)(c1ccccc1)c1ncc(C)s1. The third kappa shape index (κ3) is 10.8. The molecule has 0 aliphatic rings. The molecule has 0 radical (unpaired) electrons. The number of nitrogens with zero attached hydrogens (tertiary/aromatic N) is 1.